The Labute approximate surface area is 113 Å². The number of anilines is 2. The van der Waals surface area contributed by atoms with E-state index < -0.39 is 17.5 Å². The fraction of sp³-hybridized carbons (Fsp3) is 0. The maximum Gasteiger partial charge on any atom is 0.255 e. The van der Waals surface area contributed by atoms with Crippen molar-refractivity contribution in [3.05, 3.63) is 59.2 Å². The summed E-state index contributed by atoms with van der Waals surface area (Å²) in [5.41, 5.74) is 5.51. The van der Waals surface area contributed by atoms with Crippen LogP contribution in [0, 0.1) is 23.0 Å². The van der Waals surface area contributed by atoms with E-state index in [-0.39, 0.29) is 22.5 Å². The van der Waals surface area contributed by atoms with Gasteiger partial charge in [0, 0.05) is 5.56 Å². The molecule has 2 aromatic carbocycles. The molecule has 0 bridgehead atoms. The van der Waals surface area contributed by atoms with Crippen LogP contribution in [0.2, 0.25) is 0 Å². The van der Waals surface area contributed by atoms with Gasteiger partial charge in [0.25, 0.3) is 5.91 Å². The molecule has 20 heavy (non-hydrogen) atoms. The fourth-order valence-electron chi connectivity index (χ4n) is 1.60. The summed E-state index contributed by atoms with van der Waals surface area (Å²) in [6.07, 6.45) is 0. The molecule has 100 valence electrons. The van der Waals surface area contributed by atoms with E-state index in [4.69, 9.17) is 11.0 Å². The minimum absolute atomic E-state index is 0.00608. The number of rotatable bonds is 2. The van der Waals surface area contributed by atoms with Crippen LogP contribution < -0.4 is 11.1 Å². The van der Waals surface area contributed by atoms with E-state index in [1.807, 2.05) is 0 Å². The SMILES string of the molecule is N#Cc1cc(F)ccc1NC(=O)c1ccc(F)c(N)c1. The van der Waals surface area contributed by atoms with E-state index in [9.17, 15) is 13.6 Å². The molecule has 2 aromatic rings. The zero-order valence-corrected chi connectivity index (χ0v) is 10.2. The second-order valence-electron chi connectivity index (χ2n) is 3.99. The third-order valence-electron chi connectivity index (χ3n) is 2.61. The number of nitrogens with zero attached hydrogens (tertiary/aromatic N) is 1. The van der Waals surface area contributed by atoms with E-state index in [1.54, 1.807) is 6.07 Å². The van der Waals surface area contributed by atoms with Crippen molar-refractivity contribution < 1.29 is 13.6 Å². The third kappa shape index (κ3) is 2.72. The van der Waals surface area contributed by atoms with E-state index in [2.05, 4.69) is 5.32 Å². The van der Waals surface area contributed by atoms with Gasteiger partial charge in [0.1, 0.15) is 17.7 Å². The van der Waals surface area contributed by atoms with Crippen molar-refractivity contribution in [3.8, 4) is 6.07 Å². The number of amides is 1. The number of carbonyl (C=O) groups excluding carboxylic acids is 1. The van der Waals surface area contributed by atoms with Crippen LogP contribution in [0.1, 0.15) is 15.9 Å². The summed E-state index contributed by atoms with van der Waals surface area (Å²) in [4.78, 5) is 11.9. The Kier molecular flexibility index (Phi) is 3.62. The summed E-state index contributed by atoms with van der Waals surface area (Å²) in [5, 5.41) is 11.3. The second-order valence-corrected chi connectivity index (χ2v) is 3.99. The second kappa shape index (κ2) is 5.36. The van der Waals surface area contributed by atoms with E-state index >= 15 is 0 Å². The van der Waals surface area contributed by atoms with Gasteiger partial charge in [-0.1, -0.05) is 0 Å². The summed E-state index contributed by atoms with van der Waals surface area (Å²) < 4.78 is 26.0. The number of hydrogen-bond donors (Lipinski definition) is 2. The number of nitrogen functional groups attached to an aromatic ring is 1. The first kappa shape index (κ1) is 13.5. The summed E-state index contributed by atoms with van der Waals surface area (Å²) in [5.74, 6) is -1.77. The first-order valence-electron chi connectivity index (χ1n) is 5.57. The molecule has 2 rings (SSSR count). The summed E-state index contributed by atoms with van der Waals surface area (Å²) in [6.45, 7) is 0. The van der Waals surface area contributed by atoms with Crippen LogP contribution in [-0.4, -0.2) is 5.91 Å². The molecular weight excluding hydrogens is 264 g/mol. The first-order valence-corrected chi connectivity index (χ1v) is 5.57. The van der Waals surface area contributed by atoms with Gasteiger partial charge in [0.05, 0.1) is 16.9 Å². The van der Waals surface area contributed by atoms with E-state index in [1.165, 1.54) is 18.2 Å². The van der Waals surface area contributed by atoms with Crippen LogP contribution >= 0.6 is 0 Å². The van der Waals surface area contributed by atoms with Crippen LogP contribution in [-0.2, 0) is 0 Å². The molecule has 3 N–H and O–H groups in total. The monoisotopic (exact) mass is 273 g/mol. The molecule has 0 heterocycles. The highest BCUT2D eigenvalue weighted by molar-refractivity contribution is 6.05. The number of halogens is 2. The Morgan fingerprint density at radius 1 is 1.20 bits per heavy atom. The van der Waals surface area contributed by atoms with Crippen LogP contribution in [0.4, 0.5) is 20.2 Å². The largest absolute Gasteiger partial charge is 0.396 e. The third-order valence-corrected chi connectivity index (χ3v) is 2.61. The van der Waals surface area contributed by atoms with Gasteiger partial charge in [-0.3, -0.25) is 4.79 Å². The molecule has 0 atom stereocenters. The van der Waals surface area contributed by atoms with Crippen molar-refractivity contribution in [1.29, 1.82) is 5.26 Å². The van der Waals surface area contributed by atoms with Crippen LogP contribution in [0.5, 0.6) is 0 Å². The topological polar surface area (TPSA) is 78.9 Å². The number of carbonyl (C=O) groups is 1. The molecule has 0 fully saturated rings. The number of hydrogen-bond acceptors (Lipinski definition) is 3. The first-order chi connectivity index (χ1) is 9.51. The molecule has 0 saturated heterocycles. The lowest BCUT2D eigenvalue weighted by atomic mass is 10.1. The van der Waals surface area contributed by atoms with E-state index in [0.717, 1.165) is 18.2 Å². The van der Waals surface area contributed by atoms with Gasteiger partial charge in [-0.05, 0) is 36.4 Å². The highest BCUT2D eigenvalue weighted by Crippen LogP contribution is 2.18. The molecule has 0 aliphatic rings. The fourth-order valence-corrected chi connectivity index (χ4v) is 1.60. The minimum Gasteiger partial charge on any atom is -0.396 e. The molecule has 0 saturated carbocycles. The predicted molar refractivity (Wildman–Crippen MR) is 69.9 cm³/mol. The lowest BCUT2D eigenvalue weighted by Crippen LogP contribution is -2.13. The number of nitrogens with two attached hydrogens (primary N) is 1. The van der Waals surface area contributed by atoms with Gasteiger partial charge in [0.2, 0.25) is 0 Å². The molecule has 0 spiro atoms. The Morgan fingerprint density at radius 2 is 1.95 bits per heavy atom. The van der Waals surface area contributed by atoms with Crippen LogP contribution in [0.15, 0.2) is 36.4 Å². The smallest absolute Gasteiger partial charge is 0.255 e. The van der Waals surface area contributed by atoms with Crippen molar-refractivity contribution in [2.75, 3.05) is 11.1 Å². The zero-order chi connectivity index (χ0) is 14.7. The van der Waals surface area contributed by atoms with Crippen molar-refractivity contribution in [2.45, 2.75) is 0 Å². The van der Waals surface area contributed by atoms with Crippen molar-refractivity contribution >= 4 is 17.3 Å². The lowest BCUT2D eigenvalue weighted by Gasteiger charge is -2.08. The standard InChI is InChI=1S/C14H9F2N3O/c15-10-2-4-13(9(5-10)7-17)19-14(20)8-1-3-11(16)12(18)6-8/h1-6H,18H2,(H,19,20). The van der Waals surface area contributed by atoms with Gasteiger partial charge >= 0.3 is 0 Å². The van der Waals surface area contributed by atoms with Gasteiger partial charge < -0.3 is 11.1 Å². The molecule has 0 aromatic heterocycles. The number of nitrogens with one attached hydrogen (secondary N) is 1. The molecule has 1 amide bonds. The lowest BCUT2D eigenvalue weighted by molar-refractivity contribution is 0.102. The van der Waals surface area contributed by atoms with E-state index in [0.29, 0.717) is 0 Å². The Morgan fingerprint density at radius 3 is 2.60 bits per heavy atom. The molecule has 0 aliphatic heterocycles. The van der Waals surface area contributed by atoms with Gasteiger partial charge in [-0.15, -0.1) is 0 Å². The number of benzene rings is 2. The highest BCUT2D eigenvalue weighted by atomic mass is 19.1. The minimum atomic E-state index is -0.624. The zero-order valence-electron chi connectivity index (χ0n) is 10.2. The Hall–Kier alpha value is -2.94. The molecule has 4 nitrogen and oxygen atoms in total. The molecule has 0 radical (unpaired) electrons. The Balaban J connectivity index is 2.28. The summed E-state index contributed by atoms with van der Waals surface area (Å²) in [6, 6.07) is 8.69. The number of nitriles is 1. The van der Waals surface area contributed by atoms with Gasteiger partial charge in [0.15, 0.2) is 0 Å². The highest BCUT2D eigenvalue weighted by Gasteiger charge is 2.11. The summed E-state index contributed by atoms with van der Waals surface area (Å²) in [7, 11) is 0. The molecule has 6 heteroatoms. The summed E-state index contributed by atoms with van der Waals surface area (Å²) >= 11 is 0. The quantitative estimate of drug-likeness (QED) is 0.825. The Bertz CT molecular complexity index is 723. The van der Waals surface area contributed by atoms with Crippen molar-refractivity contribution in [1.82, 2.24) is 0 Å². The average Bonchev–Trinajstić information content (AvgIpc) is 2.43. The predicted octanol–water partition coefficient (Wildman–Crippen LogP) is 2.67. The maximum absolute atomic E-state index is 13.0. The average molecular weight is 273 g/mol. The van der Waals surface area contributed by atoms with Crippen molar-refractivity contribution in [3.63, 3.8) is 0 Å². The molecule has 0 aliphatic carbocycles. The van der Waals surface area contributed by atoms with Gasteiger partial charge in [-0.2, -0.15) is 5.26 Å². The normalized spacial score (nSPS) is 9.85. The molecule has 0 unspecified atom stereocenters. The molecular formula is C14H9F2N3O. The van der Waals surface area contributed by atoms with Gasteiger partial charge in [-0.25, -0.2) is 8.78 Å². The van der Waals surface area contributed by atoms with Crippen LogP contribution in [0.25, 0.3) is 0 Å². The maximum atomic E-state index is 13.0. The van der Waals surface area contributed by atoms with Crippen molar-refractivity contribution in [2.24, 2.45) is 0 Å². The van der Waals surface area contributed by atoms with Crippen LogP contribution in [0.3, 0.4) is 0 Å².